The van der Waals surface area contributed by atoms with Crippen LogP contribution in [0.25, 0.3) is 0 Å². The van der Waals surface area contributed by atoms with Crippen LogP contribution in [0.3, 0.4) is 0 Å². The Bertz CT molecular complexity index is 918. The van der Waals surface area contributed by atoms with Gasteiger partial charge in [-0.2, -0.15) is 0 Å². The molecule has 0 aromatic rings. The smallest absolute Gasteiger partial charge is 0.186 e. The third kappa shape index (κ3) is 5.33. The number of rotatable bonds is 7. The van der Waals surface area contributed by atoms with Crippen molar-refractivity contribution in [2.45, 2.75) is 147 Å². The van der Waals surface area contributed by atoms with Gasteiger partial charge in [0.2, 0.25) is 0 Å². The number of aliphatic hydroxyl groups excluding tert-OH is 6. The van der Waals surface area contributed by atoms with E-state index in [4.69, 9.17) is 9.47 Å². The van der Waals surface area contributed by atoms with Gasteiger partial charge in [-0.3, -0.25) is 0 Å². The molecule has 0 aromatic carbocycles. The first-order valence-electron chi connectivity index (χ1n) is 16.2. The maximum Gasteiger partial charge on any atom is 0.186 e. The first-order chi connectivity index (χ1) is 19.1. The van der Waals surface area contributed by atoms with E-state index in [9.17, 15) is 35.7 Å². The Labute approximate surface area is 245 Å². The molecule has 16 unspecified atom stereocenters. The summed E-state index contributed by atoms with van der Waals surface area (Å²) < 4.78 is 11.6. The Morgan fingerprint density at radius 3 is 2.22 bits per heavy atom. The molecule has 0 spiro atoms. The van der Waals surface area contributed by atoms with E-state index in [1.54, 1.807) is 0 Å². The minimum atomic E-state index is -1.35. The van der Waals surface area contributed by atoms with Gasteiger partial charge in [-0.05, 0) is 91.8 Å². The van der Waals surface area contributed by atoms with Crippen LogP contribution in [0, 0.1) is 46.3 Å². The molecule has 5 rings (SSSR count). The summed E-state index contributed by atoms with van der Waals surface area (Å²) in [5.74, 6) is 0.300. The van der Waals surface area contributed by atoms with E-state index in [-0.39, 0.29) is 65.7 Å². The van der Waals surface area contributed by atoms with E-state index in [2.05, 4.69) is 20.8 Å². The molecule has 4 saturated carbocycles. The number of hydrogen-bond donors (Lipinski definition) is 7. The Morgan fingerprint density at radius 1 is 0.854 bits per heavy atom. The standard InChI is InChI=1S/C32H56O9/c1-16(2)21(33)7-6-17(3)19-13-22(34)28-31(19,5)11-9-25-30(4)10-8-18(12-20(30)23(35)14-32(25,28)39)41-29-27(38)26(37)24(36)15-40-29/h16-29,33-39H,6-15H2,1-5H3. The topological polar surface area (TPSA) is 160 Å². The lowest BCUT2D eigenvalue weighted by atomic mass is 9.42. The predicted octanol–water partition coefficient (Wildman–Crippen LogP) is 1.96. The molecule has 41 heavy (non-hydrogen) atoms. The fraction of sp³-hybridized carbons (Fsp3) is 1.00. The quantitative estimate of drug-likeness (QED) is 0.222. The van der Waals surface area contributed by atoms with Crippen molar-refractivity contribution in [3.8, 4) is 0 Å². The summed E-state index contributed by atoms with van der Waals surface area (Å²) in [4.78, 5) is 0. The van der Waals surface area contributed by atoms with Gasteiger partial charge in [0.1, 0.15) is 18.3 Å². The van der Waals surface area contributed by atoms with Crippen LogP contribution in [0.5, 0.6) is 0 Å². The molecule has 9 heteroatoms. The first-order valence-corrected chi connectivity index (χ1v) is 16.2. The molecule has 0 amide bonds. The molecule has 1 heterocycles. The van der Waals surface area contributed by atoms with Crippen molar-refractivity contribution >= 4 is 0 Å². The van der Waals surface area contributed by atoms with Crippen LogP contribution in [-0.2, 0) is 9.47 Å². The Hall–Kier alpha value is -0.360. The highest BCUT2D eigenvalue weighted by Crippen LogP contribution is 2.70. The van der Waals surface area contributed by atoms with Crippen molar-refractivity contribution in [1.82, 2.24) is 0 Å². The summed E-state index contributed by atoms with van der Waals surface area (Å²) in [6.45, 7) is 10.6. The zero-order chi connectivity index (χ0) is 30.1. The monoisotopic (exact) mass is 584 g/mol. The zero-order valence-electron chi connectivity index (χ0n) is 25.6. The number of hydrogen-bond acceptors (Lipinski definition) is 9. The Morgan fingerprint density at radius 2 is 1.54 bits per heavy atom. The SMILES string of the molecule is CC(C)C(O)CCC(C)C1CC(O)C2C1(C)CCC1C3(C)CCC(OC4OCC(O)C(O)C4O)CC3C(O)CC12O. The summed E-state index contributed by atoms with van der Waals surface area (Å²) in [7, 11) is 0. The van der Waals surface area contributed by atoms with E-state index < -0.39 is 42.4 Å². The van der Waals surface area contributed by atoms with Crippen LogP contribution >= 0.6 is 0 Å². The lowest BCUT2D eigenvalue weighted by Gasteiger charge is -2.66. The molecule has 5 fully saturated rings. The number of ether oxygens (including phenoxy) is 2. The molecule has 1 saturated heterocycles. The first kappa shape index (κ1) is 32.0. The average Bonchev–Trinajstić information content (AvgIpc) is 3.19. The van der Waals surface area contributed by atoms with Crippen molar-refractivity contribution in [1.29, 1.82) is 0 Å². The second-order valence-electron chi connectivity index (χ2n) is 15.5. The Balaban J connectivity index is 1.31. The van der Waals surface area contributed by atoms with Gasteiger partial charge in [0, 0.05) is 12.3 Å². The van der Waals surface area contributed by atoms with Crippen LogP contribution in [0.15, 0.2) is 0 Å². The lowest BCUT2D eigenvalue weighted by Crippen LogP contribution is -2.68. The molecule has 1 aliphatic heterocycles. The molecule has 0 radical (unpaired) electrons. The fourth-order valence-electron chi connectivity index (χ4n) is 10.6. The molecule has 238 valence electrons. The molecule has 0 aromatic heterocycles. The molecule has 16 atom stereocenters. The minimum Gasteiger partial charge on any atom is -0.393 e. The second-order valence-corrected chi connectivity index (χ2v) is 15.5. The van der Waals surface area contributed by atoms with E-state index in [1.807, 2.05) is 13.8 Å². The van der Waals surface area contributed by atoms with Crippen molar-refractivity contribution in [2.24, 2.45) is 46.3 Å². The van der Waals surface area contributed by atoms with E-state index >= 15 is 0 Å². The number of fused-ring (bicyclic) bond motifs is 5. The molecule has 9 nitrogen and oxygen atoms in total. The van der Waals surface area contributed by atoms with Crippen molar-refractivity contribution in [2.75, 3.05) is 6.61 Å². The molecule has 7 N–H and O–H groups in total. The summed E-state index contributed by atoms with van der Waals surface area (Å²) in [6, 6.07) is 0. The lowest BCUT2D eigenvalue weighted by molar-refractivity contribution is -0.300. The van der Waals surface area contributed by atoms with E-state index in [0.29, 0.717) is 25.2 Å². The van der Waals surface area contributed by atoms with Gasteiger partial charge >= 0.3 is 0 Å². The largest absolute Gasteiger partial charge is 0.393 e. The molecule has 0 bridgehead atoms. The van der Waals surface area contributed by atoms with Crippen LogP contribution in [-0.4, -0.2) is 97.0 Å². The summed E-state index contributed by atoms with van der Waals surface area (Å²) >= 11 is 0. The molecular formula is C32H56O9. The van der Waals surface area contributed by atoms with Gasteiger partial charge in [0.15, 0.2) is 6.29 Å². The highest BCUT2D eigenvalue weighted by molar-refractivity contribution is 5.20. The fourth-order valence-corrected chi connectivity index (χ4v) is 10.6. The van der Waals surface area contributed by atoms with Crippen molar-refractivity contribution in [3.05, 3.63) is 0 Å². The van der Waals surface area contributed by atoms with Gasteiger partial charge in [-0.15, -0.1) is 0 Å². The maximum absolute atomic E-state index is 12.6. The van der Waals surface area contributed by atoms with Gasteiger partial charge < -0.3 is 45.2 Å². The summed E-state index contributed by atoms with van der Waals surface area (Å²) in [6.07, 6.45) is -0.677. The van der Waals surface area contributed by atoms with Gasteiger partial charge in [-0.25, -0.2) is 0 Å². The average molecular weight is 585 g/mol. The highest BCUT2D eigenvalue weighted by Gasteiger charge is 2.70. The maximum atomic E-state index is 12.6. The van der Waals surface area contributed by atoms with Crippen LogP contribution < -0.4 is 0 Å². The van der Waals surface area contributed by atoms with Crippen molar-refractivity contribution < 1.29 is 45.2 Å². The summed E-state index contributed by atoms with van der Waals surface area (Å²) in [5, 5.41) is 76.3. The highest BCUT2D eigenvalue weighted by atomic mass is 16.7. The number of aliphatic hydroxyl groups is 7. The third-order valence-corrected chi connectivity index (χ3v) is 12.9. The van der Waals surface area contributed by atoms with Crippen LogP contribution in [0.4, 0.5) is 0 Å². The van der Waals surface area contributed by atoms with E-state index in [1.165, 1.54) is 0 Å². The predicted molar refractivity (Wildman–Crippen MR) is 151 cm³/mol. The van der Waals surface area contributed by atoms with Crippen molar-refractivity contribution in [3.63, 3.8) is 0 Å². The van der Waals surface area contributed by atoms with Gasteiger partial charge in [0.25, 0.3) is 0 Å². The zero-order valence-corrected chi connectivity index (χ0v) is 25.6. The Kier molecular flexibility index (Phi) is 9.01. The third-order valence-electron chi connectivity index (χ3n) is 12.9. The van der Waals surface area contributed by atoms with E-state index in [0.717, 1.165) is 32.1 Å². The van der Waals surface area contributed by atoms with Gasteiger partial charge in [0.05, 0.1) is 36.6 Å². The molecular weight excluding hydrogens is 528 g/mol. The van der Waals surface area contributed by atoms with Crippen LogP contribution in [0.1, 0.15) is 92.4 Å². The van der Waals surface area contributed by atoms with Gasteiger partial charge in [-0.1, -0.05) is 34.6 Å². The van der Waals surface area contributed by atoms with Crippen LogP contribution in [0.2, 0.25) is 0 Å². The molecule has 4 aliphatic carbocycles. The normalized spacial score (nSPS) is 53.3. The molecule has 5 aliphatic rings. The summed E-state index contributed by atoms with van der Waals surface area (Å²) in [5.41, 5.74) is -1.74. The minimum absolute atomic E-state index is 0.0533. The second kappa shape index (κ2) is 11.5.